The predicted octanol–water partition coefficient (Wildman–Crippen LogP) is 1.71. The second kappa shape index (κ2) is 5.56. The van der Waals surface area contributed by atoms with E-state index in [0.29, 0.717) is 18.0 Å². The Morgan fingerprint density at radius 2 is 2.33 bits per heavy atom. The van der Waals surface area contributed by atoms with E-state index in [0.717, 1.165) is 5.69 Å². The Morgan fingerprint density at radius 1 is 1.60 bits per heavy atom. The molecule has 1 amide bonds. The summed E-state index contributed by atoms with van der Waals surface area (Å²) in [5.41, 5.74) is 1.63. The Labute approximate surface area is 94.3 Å². The molecular weight excluding hydrogens is 214 g/mol. The summed E-state index contributed by atoms with van der Waals surface area (Å²) < 4.78 is 0. The van der Waals surface area contributed by atoms with Crippen LogP contribution in [0.15, 0.2) is 18.5 Å². The average Bonchev–Trinajstić information content (AvgIpc) is 2.18. The molecule has 0 atom stereocenters. The van der Waals surface area contributed by atoms with Crippen molar-refractivity contribution in [1.29, 1.82) is 0 Å². The fraction of sp³-hybridized carbons (Fsp3) is 0.400. The van der Waals surface area contributed by atoms with Gasteiger partial charge in [-0.2, -0.15) is 0 Å². The molecule has 15 heavy (non-hydrogen) atoms. The Morgan fingerprint density at radius 3 is 2.93 bits per heavy atom. The van der Waals surface area contributed by atoms with Crippen LogP contribution in [0.25, 0.3) is 0 Å². The molecule has 0 aliphatic heterocycles. The van der Waals surface area contributed by atoms with E-state index in [-0.39, 0.29) is 5.91 Å². The molecule has 1 aromatic rings. The standard InChI is InChI=1S/C10H14ClN3O/c1-14(2)9-4-6-12-7-8(9)13-10(15)3-5-11/h4,6-7H,3,5H2,1-2H3,(H,13,15). The molecule has 0 unspecified atom stereocenters. The van der Waals surface area contributed by atoms with Gasteiger partial charge in [0.2, 0.25) is 5.91 Å². The average molecular weight is 228 g/mol. The van der Waals surface area contributed by atoms with E-state index in [4.69, 9.17) is 11.6 Å². The zero-order chi connectivity index (χ0) is 11.3. The highest BCUT2D eigenvalue weighted by Crippen LogP contribution is 2.22. The number of amides is 1. The van der Waals surface area contributed by atoms with Crippen LogP contribution in [0.4, 0.5) is 11.4 Å². The van der Waals surface area contributed by atoms with E-state index < -0.39 is 0 Å². The van der Waals surface area contributed by atoms with Crippen molar-refractivity contribution in [3.05, 3.63) is 18.5 Å². The van der Waals surface area contributed by atoms with Gasteiger partial charge in [0.15, 0.2) is 0 Å². The summed E-state index contributed by atoms with van der Waals surface area (Å²) >= 11 is 5.48. The summed E-state index contributed by atoms with van der Waals surface area (Å²) in [6.07, 6.45) is 3.62. The number of nitrogens with zero attached hydrogens (tertiary/aromatic N) is 2. The first-order chi connectivity index (χ1) is 7.15. The van der Waals surface area contributed by atoms with Gasteiger partial charge in [-0.1, -0.05) is 0 Å². The van der Waals surface area contributed by atoms with E-state index in [1.165, 1.54) is 0 Å². The van der Waals surface area contributed by atoms with Crippen LogP contribution in [-0.4, -0.2) is 30.9 Å². The largest absolute Gasteiger partial charge is 0.376 e. The molecule has 4 nitrogen and oxygen atoms in total. The molecule has 82 valence electrons. The number of aromatic nitrogens is 1. The van der Waals surface area contributed by atoms with Gasteiger partial charge < -0.3 is 10.2 Å². The Balaban J connectivity index is 2.80. The lowest BCUT2D eigenvalue weighted by atomic mass is 10.3. The van der Waals surface area contributed by atoms with Crippen molar-refractivity contribution in [3.8, 4) is 0 Å². The Kier molecular flexibility index (Phi) is 4.37. The van der Waals surface area contributed by atoms with Gasteiger partial charge in [-0.25, -0.2) is 0 Å². The summed E-state index contributed by atoms with van der Waals surface area (Å²) in [7, 11) is 3.82. The molecular formula is C10H14ClN3O. The first-order valence-electron chi connectivity index (χ1n) is 4.62. The van der Waals surface area contributed by atoms with Gasteiger partial charge >= 0.3 is 0 Å². The third-order valence-corrected chi connectivity index (χ3v) is 2.06. The van der Waals surface area contributed by atoms with Gasteiger partial charge in [-0.3, -0.25) is 9.78 Å². The lowest BCUT2D eigenvalue weighted by Crippen LogP contribution is -2.16. The number of hydrogen-bond donors (Lipinski definition) is 1. The number of nitrogens with one attached hydrogen (secondary N) is 1. The van der Waals surface area contributed by atoms with Crippen LogP contribution >= 0.6 is 11.6 Å². The molecule has 0 saturated heterocycles. The summed E-state index contributed by atoms with van der Waals surface area (Å²) in [5.74, 6) is 0.227. The van der Waals surface area contributed by atoms with Crippen molar-refractivity contribution in [2.24, 2.45) is 0 Å². The van der Waals surface area contributed by atoms with E-state index in [1.807, 2.05) is 25.1 Å². The van der Waals surface area contributed by atoms with Crippen molar-refractivity contribution in [2.75, 3.05) is 30.2 Å². The van der Waals surface area contributed by atoms with Crippen molar-refractivity contribution < 1.29 is 4.79 Å². The maximum absolute atomic E-state index is 11.3. The molecule has 0 radical (unpaired) electrons. The maximum atomic E-state index is 11.3. The first kappa shape index (κ1) is 11.8. The molecule has 0 bridgehead atoms. The molecule has 0 spiro atoms. The second-order valence-corrected chi connectivity index (χ2v) is 3.65. The molecule has 0 aliphatic carbocycles. The third kappa shape index (κ3) is 3.40. The van der Waals surface area contributed by atoms with Gasteiger partial charge in [0, 0.05) is 32.6 Å². The lowest BCUT2D eigenvalue weighted by molar-refractivity contribution is -0.115. The van der Waals surface area contributed by atoms with Crippen LogP contribution in [-0.2, 0) is 4.79 Å². The highest BCUT2D eigenvalue weighted by atomic mass is 35.5. The smallest absolute Gasteiger partial charge is 0.225 e. The minimum atomic E-state index is -0.0962. The third-order valence-electron chi connectivity index (χ3n) is 1.88. The van der Waals surface area contributed by atoms with Gasteiger partial charge in [0.05, 0.1) is 17.6 Å². The van der Waals surface area contributed by atoms with Crippen molar-refractivity contribution in [3.63, 3.8) is 0 Å². The Bertz CT molecular complexity index is 341. The van der Waals surface area contributed by atoms with Crippen LogP contribution in [0.2, 0.25) is 0 Å². The SMILES string of the molecule is CN(C)c1ccncc1NC(=O)CCCl. The zero-order valence-electron chi connectivity index (χ0n) is 8.83. The molecule has 5 heteroatoms. The maximum Gasteiger partial charge on any atom is 0.225 e. The number of rotatable bonds is 4. The van der Waals surface area contributed by atoms with E-state index in [9.17, 15) is 4.79 Å². The number of anilines is 2. The van der Waals surface area contributed by atoms with Crippen molar-refractivity contribution in [1.82, 2.24) is 4.98 Å². The van der Waals surface area contributed by atoms with Gasteiger partial charge in [-0.15, -0.1) is 11.6 Å². The van der Waals surface area contributed by atoms with Gasteiger partial charge in [-0.05, 0) is 6.07 Å². The monoisotopic (exact) mass is 227 g/mol. The second-order valence-electron chi connectivity index (χ2n) is 3.27. The highest BCUT2D eigenvalue weighted by molar-refractivity contribution is 6.19. The normalized spacial score (nSPS) is 9.80. The zero-order valence-corrected chi connectivity index (χ0v) is 9.58. The fourth-order valence-electron chi connectivity index (χ4n) is 1.17. The molecule has 1 N–H and O–H groups in total. The van der Waals surface area contributed by atoms with Crippen molar-refractivity contribution in [2.45, 2.75) is 6.42 Å². The molecule has 1 rings (SSSR count). The number of carbonyl (C=O) groups excluding carboxylic acids is 1. The summed E-state index contributed by atoms with van der Waals surface area (Å²) in [4.78, 5) is 17.2. The molecule has 0 fully saturated rings. The summed E-state index contributed by atoms with van der Waals surface area (Å²) in [5, 5.41) is 2.77. The quantitative estimate of drug-likeness (QED) is 0.797. The first-order valence-corrected chi connectivity index (χ1v) is 5.15. The van der Waals surface area contributed by atoms with Crippen LogP contribution < -0.4 is 10.2 Å². The summed E-state index contributed by atoms with van der Waals surface area (Å²) in [6.45, 7) is 0. The topological polar surface area (TPSA) is 45.2 Å². The Hall–Kier alpha value is -1.29. The highest BCUT2D eigenvalue weighted by Gasteiger charge is 2.07. The molecule has 1 heterocycles. The van der Waals surface area contributed by atoms with Crippen LogP contribution in [0.1, 0.15) is 6.42 Å². The number of hydrogen-bond acceptors (Lipinski definition) is 3. The van der Waals surface area contributed by atoms with Gasteiger partial charge in [0.25, 0.3) is 0 Å². The van der Waals surface area contributed by atoms with E-state index in [2.05, 4.69) is 10.3 Å². The molecule has 1 aromatic heterocycles. The van der Waals surface area contributed by atoms with E-state index in [1.54, 1.807) is 12.4 Å². The van der Waals surface area contributed by atoms with Crippen LogP contribution in [0.5, 0.6) is 0 Å². The lowest BCUT2D eigenvalue weighted by Gasteiger charge is -2.16. The van der Waals surface area contributed by atoms with Gasteiger partial charge in [0.1, 0.15) is 0 Å². The number of pyridine rings is 1. The number of halogens is 1. The van der Waals surface area contributed by atoms with Crippen molar-refractivity contribution >= 4 is 28.9 Å². The molecule has 0 aliphatic rings. The van der Waals surface area contributed by atoms with E-state index >= 15 is 0 Å². The van der Waals surface area contributed by atoms with Crippen LogP contribution in [0, 0.1) is 0 Å². The summed E-state index contributed by atoms with van der Waals surface area (Å²) in [6, 6.07) is 1.84. The predicted molar refractivity (Wildman–Crippen MR) is 62.5 cm³/mol. The number of alkyl halides is 1. The van der Waals surface area contributed by atoms with Crippen LogP contribution in [0.3, 0.4) is 0 Å². The number of carbonyl (C=O) groups is 1. The minimum absolute atomic E-state index is 0.0962. The minimum Gasteiger partial charge on any atom is -0.376 e. The molecule has 0 aromatic carbocycles. The molecule has 0 saturated carbocycles. The fourth-order valence-corrected chi connectivity index (χ4v) is 1.34.